The number of fused-ring (bicyclic) bond motifs is 1. The molecule has 1 heterocycles. The fourth-order valence-corrected chi connectivity index (χ4v) is 1.87. The van der Waals surface area contributed by atoms with E-state index >= 15 is 0 Å². The van der Waals surface area contributed by atoms with E-state index in [0.717, 1.165) is 24.9 Å². The lowest BCUT2D eigenvalue weighted by Crippen LogP contribution is -2.14. The highest BCUT2D eigenvalue weighted by Crippen LogP contribution is 2.19. The maximum atomic E-state index is 11.0. The van der Waals surface area contributed by atoms with Gasteiger partial charge in [-0.05, 0) is 44.1 Å². The summed E-state index contributed by atoms with van der Waals surface area (Å²) in [5.74, 6) is -0.430. The minimum absolute atomic E-state index is 0.00819. The zero-order valence-corrected chi connectivity index (χ0v) is 9.82. The summed E-state index contributed by atoms with van der Waals surface area (Å²) >= 11 is 0. The van der Waals surface area contributed by atoms with Crippen molar-refractivity contribution < 1.29 is 4.42 Å². The van der Waals surface area contributed by atoms with Crippen LogP contribution in [0.25, 0.3) is 11.1 Å². The van der Waals surface area contributed by atoms with Crippen LogP contribution in [0.2, 0.25) is 0 Å². The lowest BCUT2D eigenvalue weighted by molar-refractivity contribution is 0.555. The van der Waals surface area contributed by atoms with Crippen molar-refractivity contribution in [2.45, 2.75) is 18.9 Å². The fourth-order valence-electron chi connectivity index (χ4n) is 1.87. The van der Waals surface area contributed by atoms with Gasteiger partial charge in [0.15, 0.2) is 5.58 Å². The van der Waals surface area contributed by atoms with Crippen molar-refractivity contribution in [1.29, 1.82) is 0 Å². The highest BCUT2D eigenvalue weighted by atomic mass is 16.4. The van der Waals surface area contributed by atoms with Gasteiger partial charge in [-0.3, -0.25) is 4.98 Å². The van der Waals surface area contributed by atoms with Crippen LogP contribution in [-0.4, -0.2) is 18.6 Å². The maximum Gasteiger partial charge on any atom is 0.417 e. The molecule has 0 spiro atoms. The largest absolute Gasteiger partial charge is 0.417 e. The second kappa shape index (κ2) is 5.16. The van der Waals surface area contributed by atoms with Crippen LogP contribution in [0.15, 0.2) is 27.4 Å². The van der Waals surface area contributed by atoms with Crippen molar-refractivity contribution in [3.05, 3.63) is 34.3 Å². The van der Waals surface area contributed by atoms with Crippen molar-refractivity contribution in [1.82, 2.24) is 10.3 Å². The van der Waals surface area contributed by atoms with Gasteiger partial charge in [0.1, 0.15) is 0 Å². The first-order chi connectivity index (χ1) is 8.20. The Morgan fingerprint density at radius 1 is 1.53 bits per heavy atom. The smallest absolute Gasteiger partial charge is 0.408 e. The summed E-state index contributed by atoms with van der Waals surface area (Å²) in [6.07, 6.45) is 1.94. The zero-order valence-electron chi connectivity index (χ0n) is 9.82. The van der Waals surface area contributed by atoms with E-state index in [1.165, 1.54) is 0 Å². The lowest BCUT2D eigenvalue weighted by atomic mass is 10.0. The molecule has 0 aliphatic rings. The molecule has 0 amide bonds. The molecule has 0 radical (unpaired) electrons. The Kier molecular flexibility index (Phi) is 3.61. The Bertz CT molecular complexity index is 544. The Morgan fingerprint density at radius 3 is 3.12 bits per heavy atom. The second-order valence-electron chi connectivity index (χ2n) is 4.12. The second-order valence-corrected chi connectivity index (χ2v) is 4.12. The number of nitrogens with one attached hydrogen (secondary N) is 2. The molecule has 0 aliphatic carbocycles. The maximum absolute atomic E-state index is 11.0. The molecule has 1 aromatic carbocycles. The van der Waals surface area contributed by atoms with Crippen molar-refractivity contribution in [2.75, 3.05) is 13.6 Å². The molecule has 5 heteroatoms. The number of hydrogen-bond acceptors (Lipinski definition) is 4. The summed E-state index contributed by atoms with van der Waals surface area (Å²) in [5, 5.41) is 3.09. The number of hydrogen-bond donors (Lipinski definition) is 3. The molecule has 17 heavy (non-hydrogen) atoms. The highest BCUT2D eigenvalue weighted by Gasteiger charge is 2.08. The van der Waals surface area contributed by atoms with Crippen LogP contribution in [0.5, 0.6) is 0 Å². The van der Waals surface area contributed by atoms with Crippen LogP contribution in [0.1, 0.15) is 24.4 Å². The summed E-state index contributed by atoms with van der Waals surface area (Å²) in [5.41, 5.74) is 8.38. The lowest BCUT2D eigenvalue weighted by Gasteiger charge is -2.11. The van der Waals surface area contributed by atoms with Crippen LogP contribution in [0.4, 0.5) is 0 Å². The van der Waals surface area contributed by atoms with Gasteiger partial charge in [0.25, 0.3) is 0 Å². The Morgan fingerprint density at radius 2 is 2.35 bits per heavy atom. The van der Waals surface area contributed by atoms with Gasteiger partial charge in [-0.25, -0.2) is 4.79 Å². The van der Waals surface area contributed by atoms with Gasteiger partial charge in [0.05, 0.1) is 5.52 Å². The molecule has 1 aromatic heterocycles. The molecule has 0 saturated carbocycles. The van der Waals surface area contributed by atoms with Crippen LogP contribution in [0.3, 0.4) is 0 Å². The van der Waals surface area contributed by atoms with Gasteiger partial charge >= 0.3 is 5.76 Å². The quantitative estimate of drug-likeness (QED) is 0.678. The molecule has 0 fully saturated rings. The van der Waals surface area contributed by atoms with Crippen molar-refractivity contribution in [2.24, 2.45) is 5.73 Å². The van der Waals surface area contributed by atoms with Crippen LogP contribution in [0, 0.1) is 0 Å². The van der Waals surface area contributed by atoms with Gasteiger partial charge in [0, 0.05) is 6.04 Å². The van der Waals surface area contributed by atoms with E-state index in [4.69, 9.17) is 10.2 Å². The van der Waals surface area contributed by atoms with Crippen molar-refractivity contribution in [3.8, 4) is 0 Å². The van der Waals surface area contributed by atoms with E-state index < -0.39 is 5.76 Å². The predicted octanol–water partition coefficient (Wildman–Crippen LogP) is 1.12. The van der Waals surface area contributed by atoms with Crippen molar-refractivity contribution in [3.63, 3.8) is 0 Å². The topological polar surface area (TPSA) is 84.0 Å². The number of rotatable bonds is 5. The normalized spacial score (nSPS) is 13.1. The first-order valence-electron chi connectivity index (χ1n) is 5.73. The molecular formula is C12H17N3O2. The fraction of sp³-hybridized carbons (Fsp3) is 0.417. The SMILES string of the molecule is CNCCCC(N)c1ccc2oc(=O)[nH]c2c1. The third-order valence-corrected chi connectivity index (χ3v) is 2.81. The first kappa shape index (κ1) is 11.9. The molecule has 0 saturated heterocycles. The van der Waals surface area contributed by atoms with Crippen LogP contribution >= 0.6 is 0 Å². The molecule has 0 bridgehead atoms. The molecule has 2 aromatic rings. The van der Waals surface area contributed by atoms with Gasteiger partial charge in [0.2, 0.25) is 0 Å². The minimum atomic E-state index is -0.430. The van der Waals surface area contributed by atoms with E-state index in [-0.39, 0.29) is 6.04 Å². The molecule has 5 nitrogen and oxygen atoms in total. The zero-order chi connectivity index (χ0) is 12.3. The molecule has 0 aliphatic heterocycles. The summed E-state index contributed by atoms with van der Waals surface area (Å²) in [6.45, 7) is 0.957. The number of benzene rings is 1. The summed E-state index contributed by atoms with van der Waals surface area (Å²) in [7, 11) is 1.92. The Hall–Kier alpha value is -1.59. The van der Waals surface area contributed by atoms with E-state index in [0.29, 0.717) is 11.1 Å². The molecule has 2 rings (SSSR count). The Balaban J connectivity index is 2.14. The van der Waals surface area contributed by atoms with Gasteiger partial charge in [-0.2, -0.15) is 0 Å². The minimum Gasteiger partial charge on any atom is -0.408 e. The summed E-state index contributed by atoms with van der Waals surface area (Å²) in [6, 6.07) is 5.56. The predicted molar refractivity (Wildman–Crippen MR) is 66.9 cm³/mol. The van der Waals surface area contributed by atoms with Crippen LogP contribution in [-0.2, 0) is 0 Å². The standard InChI is InChI=1S/C12H17N3O2/c1-14-6-2-3-9(13)8-4-5-11-10(7-8)15-12(16)17-11/h4-5,7,9,14H,2-3,6,13H2,1H3,(H,15,16). The average Bonchev–Trinajstić information content (AvgIpc) is 2.68. The molecular weight excluding hydrogens is 218 g/mol. The van der Waals surface area contributed by atoms with Gasteiger partial charge < -0.3 is 15.5 Å². The molecule has 1 unspecified atom stereocenters. The Labute approximate surface area is 99.0 Å². The molecule has 92 valence electrons. The van der Waals surface area contributed by atoms with E-state index in [1.807, 2.05) is 19.2 Å². The number of aromatic nitrogens is 1. The third kappa shape index (κ3) is 2.75. The monoisotopic (exact) mass is 235 g/mol. The molecule has 4 N–H and O–H groups in total. The number of oxazole rings is 1. The van der Waals surface area contributed by atoms with Crippen molar-refractivity contribution >= 4 is 11.1 Å². The highest BCUT2D eigenvalue weighted by molar-refractivity contribution is 5.72. The van der Waals surface area contributed by atoms with Gasteiger partial charge in [-0.15, -0.1) is 0 Å². The first-order valence-corrected chi connectivity index (χ1v) is 5.73. The molecule has 1 atom stereocenters. The summed E-state index contributed by atoms with van der Waals surface area (Å²) in [4.78, 5) is 13.7. The number of H-pyrrole nitrogens is 1. The average molecular weight is 235 g/mol. The van der Waals surface area contributed by atoms with E-state index in [2.05, 4.69) is 10.3 Å². The summed E-state index contributed by atoms with van der Waals surface area (Å²) < 4.78 is 4.94. The van der Waals surface area contributed by atoms with Gasteiger partial charge in [-0.1, -0.05) is 6.07 Å². The third-order valence-electron chi connectivity index (χ3n) is 2.81. The van der Waals surface area contributed by atoms with E-state index in [9.17, 15) is 4.79 Å². The number of aromatic amines is 1. The van der Waals surface area contributed by atoms with Crippen LogP contribution < -0.4 is 16.8 Å². The van der Waals surface area contributed by atoms with E-state index in [1.54, 1.807) is 6.07 Å². The number of nitrogens with two attached hydrogens (primary N) is 1.